The molecule has 0 N–H and O–H groups in total. The minimum Gasteiger partial charge on any atom is -0.352 e. The molecule has 4 aromatic heterocycles. The lowest BCUT2D eigenvalue weighted by molar-refractivity contribution is -0.136. The second kappa shape index (κ2) is 8.88. The molecule has 0 aromatic carbocycles. The van der Waals surface area contributed by atoms with Crippen LogP contribution in [0.25, 0.3) is 16.9 Å². The van der Waals surface area contributed by atoms with Gasteiger partial charge in [0.25, 0.3) is 5.91 Å². The van der Waals surface area contributed by atoms with Crippen molar-refractivity contribution in [2.24, 2.45) is 0 Å². The minimum absolute atomic E-state index is 0.0127. The fourth-order valence-corrected chi connectivity index (χ4v) is 4.28. The van der Waals surface area contributed by atoms with E-state index in [1.165, 1.54) is 41.6 Å². The first-order valence-corrected chi connectivity index (χ1v) is 10.9. The normalized spacial score (nSPS) is 16.2. The smallest absolute Gasteiger partial charge is 0.352 e. The van der Waals surface area contributed by atoms with Gasteiger partial charge in [-0.1, -0.05) is 0 Å². The van der Waals surface area contributed by atoms with Gasteiger partial charge in [-0.25, -0.2) is 24.9 Å². The Kier molecular flexibility index (Phi) is 5.71. The molecule has 182 valence electrons. The van der Waals surface area contributed by atoms with Crippen molar-refractivity contribution in [3.63, 3.8) is 0 Å². The molecule has 1 saturated heterocycles. The first kappa shape index (κ1) is 23.2. The number of nitrogens with zero attached hydrogens (tertiary/aromatic N) is 9. The second-order valence-electron chi connectivity index (χ2n) is 8.19. The largest absolute Gasteiger partial charge is 0.418 e. The third-order valence-electron chi connectivity index (χ3n) is 5.93. The van der Waals surface area contributed by atoms with Crippen LogP contribution in [-0.4, -0.2) is 66.0 Å². The lowest BCUT2D eigenvalue weighted by Crippen LogP contribution is -2.54. The van der Waals surface area contributed by atoms with Crippen LogP contribution in [0, 0.1) is 11.3 Å². The van der Waals surface area contributed by atoms with E-state index in [2.05, 4.69) is 24.9 Å². The van der Waals surface area contributed by atoms with Gasteiger partial charge in [-0.15, -0.1) is 0 Å². The molecule has 1 aliphatic heterocycles. The molecule has 5 rings (SSSR count). The Balaban J connectivity index is 1.54. The van der Waals surface area contributed by atoms with E-state index in [1.807, 2.05) is 6.07 Å². The number of fused-ring (bicyclic) bond motifs is 1. The van der Waals surface area contributed by atoms with Crippen molar-refractivity contribution in [1.29, 1.82) is 5.26 Å². The van der Waals surface area contributed by atoms with Crippen LogP contribution in [-0.2, 0) is 6.18 Å². The number of anilines is 1. The summed E-state index contributed by atoms with van der Waals surface area (Å²) in [5.41, 5.74) is -0.651. The van der Waals surface area contributed by atoms with Gasteiger partial charge in [-0.05, 0) is 25.1 Å². The molecule has 13 heteroatoms. The van der Waals surface area contributed by atoms with Gasteiger partial charge < -0.3 is 9.80 Å². The number of alkyl halides is 3. The van der Waals surface area contributed by atoms with Crippen molar-refractivity contribution in [2.45, 2.75) is 19.1 Å². The van der Waals surface area contributed by atoms with Gasteiger partial charge in [0, 0.05) is 50.5 Å². The van der Waals surface area contributed by atoms with Crippen LogP contribution in [0.3, 0.4) is 0 Å². The molecule has 1 fully saturated rings. The molecule has 0 aliphatic carbocycles. The molecular weight excluding hydrogens is 475 g/mol. The van der Waals surface area contributed by atoms with Gasteiger partial charge in [-0.3, -0.25) is 9.36 Å². The Morgan fingerprint density at radius 3 is 2.58 bits per heavy atom. The maximum atomic E-state index is 14.1. The fraction of sp³-hybridized carbons (Fsp3) is 0.261. The van der Waals surface area contributed by atoms with Gasteiger partial charge >= 0.3 is 6.18 Å². The van der Waals surface area contributed by atoms with E-state index in [4.69, 9.17) is 0 Å². The van der Waals surface area contributed by atoms with E-state index in [1.54, 1.807) is 22.8 Å². The Morgan fingerprint density at radius 1 is 1.11 bits per heavy atom. The van der Waals surface area contributed by atoms with Crippen molar-refractivity contribution in [2.75, 3.05) is 24.5 Å². The van der Waals surface area contributed by atoms with Gasteiger partial charge in [-0.2, -0.15) is 18.4 Å². The molecule has 0 spiro atoms. The molecule has 0 radical (unpaired) electrons. The Bertz CT molecular complexity index is 1480. The van der Waals surface area contributed by atoms with Crippen LogP contribution in [0.5, 0.6) is 0 Å². The topological polar surface area (TPSA) is 117 Å². The number of pyridine rings is 1. The quantitative estimate of drug-likeness (QED) is 0.428. The van der Waals surface area contributed by atoms with Crippen molar-refractivity contribution in [3.05, 3.63) is 66.3 Å². The number of hydrogen-bond acceptors (Lipinski definition) is 8. The van der Waals surface area contributed by atoms with E-state index in [9.17, 15) is 23.2 Å². The fourth-order valence-electron chi connectivity index (χ4n) is 4.28. The highest BCUT2D eigenvalue weighted by Gasteiger charge is 2.39. The summed E-state index contributed by atoms with van der Waals surface area (Å²) in [6.07, 6.45) is 1.73. The molecule has 0 saturated carbocycles. The van der Waals surface area contributed by atoms with E-state index < -0.39 is 11.7 Å². The third kappa shape index (κ3) is 4.06. The summed E-state index contributed by atoms with van der Waals surface area (Å²) >= 11 is 0. The number of carbonyl (C=O) groups is 1. The lowest BCUT2D eigenvalue weighted by atomic mass is 10.1. The third-order valence-corrected chi connectivity index (χ3v) is 5.93. The first-order chi connectivity index (χ1) is 17.3. The van der Waals surface area contributed by atoms with Crippen molar-refractivity contribution < 1.29 is 18.0 Å². The van der Waals surface area contributed by atoms with Crippen LogP contribution in [0.1, 0.15) is 28.7 Å². The zero-order chi connectivity index (χ0) is 25.4. The standard InChI is InChI=1S/C23H18F3N9O/c1-14-11-33(7-8-34(14)22(36)19-29-4-2-5-30-19)20-18-16(23(24,25)26)12-35(21(18)32-13-31-20)17-9-15(10-27)3-6-28-17/h2-6,9,12-14H,7-8,11H2,1H3. The highest BCUT2D eigenvalue weighted by molar-refractivity contribution is 5.93. The van der Waals surface area contributed by atoms with Gasteiger partial charge in [0.05, 0.1) is 22.6 Å². The SMILES string of the molecule is CC1CN(c2ncnc3c2c(C(F)(F)F)cn3-c2cc(C#N)ccn2)CCN1C(=O)c1ncccn1. The van der Waals surface area contributed by atoms with Crippen LogP contribution >= 0.6 is 0 Å². The number of hydrogen-bond donors (Lipinski definition) is 0. The lowest BCUT2D eigenvalue weighted by Gasteiger charge is -2.40. The molecule has 5 heterocycles. The number of rotatable bonds is 3. The molecule has 4 aromatic rings. The number of carbonyl (C=O) groups excluding carboxylic acids is 1. The van der Waals surface area contributed by atoms with Crippen LogP contribution in [0.2, 0.25) is 0 Å². The summed E-state index contributed by atoms with van der Waals surface area (Å²) < 4.78 is 43.6. The Morgan fingerprint density at radius 2 is 1.89 bits per heavy atom. The predicted octanol–water partition coefficient (Wildman–Crippen LogP) is 2.85. The predicted molar refractivity (Wildman–Crippen MR) is 121 cm³/mol. The van der Waals surface area contributed by atoms with Gasteiger partial charge in [0.15, 0.2) is 5.65 Å². The van der Waals surface area contributed by atoms with Crippen molar-refractivity contribution >= 4 is 22.8 Å². The van der Waals surface area contributed by atoms with Crippen LogP contribution in [0.4, 0.5) is 19.0 Å². The first-order valence-electron chi connectivity index (χ1n) is 10.9. The van der Waals surface area contributed by atoms with Gasteiger partial charge in [0.2, 0.25) is 5.82 Å². The summed E-state index contributed by atoms with van der Waals surface area (Å²) in [7, 11) is 0. The number of halogens is 3. The summed E-state index contributed by atoms with van der Waals surface area (Å²) in [5, 5.41) is 9.02. The molecule has 1 unspecified atom stereocenters. The Labute approximate surface area is 202 Å². The summed E-state index contributed by atoms with van der Waals surface area (Å²) in [6, 6.07) is 6.07. The number of aromatic nitrogens is 6. The Hall–Kier alpha value is -4.60. The van der Waals surface area contributed by atoms with Crippen molar-refractivity contribution in [1.82, 2.24) is 34.4 Å². The zero-order valence-electron chi connectivity index (χ0n) is 18.9. The average molecular weight is 493 g/mol. The average Bonchev–Trinajstić information content (AvgIpc) is 3.29. The minimum atomic E-state index is -4.69. The highest BCUT2D eigenvalue weighted by atomic mass is 19.4. The molecule has 0 bridgehead atoms. The van der Waals surface area contributed by atoms with Crippen LogP contribution in [0.15, 0.2) is 49.3 Å². The molecule has 1 amide bonds. The number of nitriles is 1. The van der Waals surface area contributed by atoms with E-state index in [0.29, 0.717) is 0 Å². The van der Waals surface area contributed by atoms with E-state index >= 15 is 0 Å². The molecule has 36 heavy (non-hydrogen) atoms. The summed E-state index contributed by atoms with van der Waals surface area (Å²) in [4.78, 5) is 36.6. The summed E-state index contributed by atoms with van der Waals surface area (Å²) in [5.74, 6) is -0.0461. The monoisotopic (exact) mass is 493 g/mol. The summed E-state index contributed by atoms with van der Waals surface area (Å²) in [6.45, 7) is 2.55. The number of piperazine rings is 1. The van der Waals surface area contributed by atoms with Gasteiger partial charge in [0.1, 0.15) is 18.0 Å². The molecule has 10 nitrogen and oxygen atoms in total. The molecule has 1 atom stereocenters. The van der Waals surface area contributed by atoms with E-state index in [-0.39, 0.29) is 65.6 Å². The highest BCUT2D eigenvalue weighted by Crippen LogP contribution is 2.40. The molecular formula is C23H18F3N9O. The molecule has 1 aliphatic rings. The number of amides is 1. The zero-order valence-corrected chi connectivity index (χ0v) is 18.9. The van der Waals surface area contributed by atoms with E-state index in [0.717, 1.165) is 6.20 Å². The van der Waals surface area contributed by atoms with Crippen molar-refractivity contribution in [3.8, 4) is 11.9 Å². The van der Waals surface area contributed by atoms with Crippen LogP contribution < -0.4 is 4.90 Å². The second-order valence-corrected chi connectivity index (χ2v) is 8.19. The maximum absolute atomic E-state index is 14.1. The maximum Gasteiger partial charge on any atom is 0.418 e.